The third-order valence-corrected chi connectivity index (χ3v) is 1.86. The normalized spacial score (nSPS) is 13.9. The summed E-state index contributed by atoms with van der Waals surface area (Å²) in [5.41, 5.74) is 0. The standard InChI is InChI=1S/C10H23N/c1-5-6-7-8-10(4)11-9(2)3/h9-11H,5-8H2,1-4H3/t10-/m0/s1. The Morgan fingerprint density at radius 2 is 1.73 bits per heavy atom. The van der Waals surface area contributed by atoms with E-state index in [1.165, 1.54) is 25.7 Å². The van der Waals surface area contributed by atoms with Gasteiger partial charge < -0.3 is 5.32 Å². The van der Waals surface area contributed by atoms with Crippen LogP contribution in [0, 0.1) is 0 Å². The molecule has 0 aliphatic rings. The molecular formula is C10H23N. The highest BCUT2D eigenvalue weighted by Gasteiger charge is 2.01. The lowest BCUT2D eigenvalue weighted by Crippen LogP contribution is -2.32. The lowest BCUT2D eigenvalue weighted by molar-refractivity contribution is 0.448. The van der Waals surface area contributed by atoms with Crippen LogP contribution < -0.4 is 5.32 Å². The van der Waals surface area contributed by atoms with Gasteiger partial charge in [0.1, 0.15) is 0 Å². The molecule has 0 heterocycles. The molecule has 1 atom stereocenters. The molecule has 1 heteroatoms. The second-order valence-electron chi connectivity index (χ2n) is 3.72. The third-order valence-electron chi connectivity index (χ3n) is 1.86. The lowest BCUT2D eigenvalue weighted by Gasteiger charge is -2.16. The van der Waals surface area contributed by atoms with Crippen molar-refractivity contribution in [1.29, 1.82) is 0 Å². The molecule has 0 spiro atoms. The van der Waals surface area contributed by atoms with Crippen molar-refractivity contribution in [2.24, 2.45) is 0 Å². The van der Waals surface area contributed by atoms with Crippen molar-refractivity contribution in [2.45, 2.75) is 65.5 Å². The van der Waals surface area contributed by atoms with Gasteiger partial charge in [0.25, 0.3) is 0 Å². The van der Waals surface area contributed by atoms with Gasteiger partial charge in [-0.1, -0.05) is 40.0 Å². The molecule has 0 radical (unpaired) electrons. The maximum absolute atomic E-state index is 3.50. The van der Waals surface area contributed by atoms with Crippen LogP contribution in [-0.4, -0.2) is 12.1 Å². The molecule has 0 saturated heterocycles. The Bertz CT molecular complexity index is 78.9. The van der Waals surface area contributed by atoms with E-state index < -0.39 is 0 Å². The minimum Gasteiger partial charge on any atom is -0.312 e. The first-order chi connectivity index (χ1) is 5.16. The number of hydrogen-bond donors (Lipinski definition) is 1. The van der Waals surface area contributed by atoms with Crippen LogP contribution in [0.15, 0.2) is 0 Å². The van der Waals surface area contributed by atoms with Gasteiger partial charge in [0.05, 0.1) is 0 Å². The van der Waals surface area contributed by atoms with E-state index in [9.17, 15) is 0 Å². The Labute approximate surface area is 71.6 Å². The predicted octanol–water partition coefficient (Wildman–Crippen LogP) is 2.95. The van der Waals surface area contributed by atoms with Crippen LogP contribution in [-0.2, 0) is 0 Å². The van der Waals surface area contributed by atoms with Crippen LogP contribution in [0.25, 0.3) is 0 Å². The largest absolute Gasteiger partial charge is 0.312 e. The van der Waals surface area contributed by atoms with Crippen LogP contribution in [0.5, 0.6) is 0 Å². The van der Waals surface area contributed by atoms with E-state index in [0.717, 1.165) is 0 Å². The quantitative estimate of drug-likeness (QED) is 0.584. The summed E-state index contributed by atoms with van der Waals surface area (Å²) in [6.45, 7) is 8.93. The zero-order valence-electron chi connectivity index (χ0n) is 8.48. The molecule has 0 amide bonds. The molecule has 0 unspecified atom stereocenters. The van der Waals surface area contributed by atoms with Gasteiger partial charge in [-0.15, -0.1) is 0 Å². The van der Waals surface area contributed by atoms with Crippen molar-refractivity contribution in [3.05, 3.63) is 0 Å². The van der Waals surface area contributed by atoms with E-state index in [4.69, 9.17) is 0 Å². The lowest BCUT2D eigenvalue weighted by atomic mass is 10.1. The summed E-state index contributed by atoms with van der Waals surface area (Å²) in [6.07, 6.45) is 5.40. The van der Waals surface area contributed by atoms with E-state index >= 15 is 0 Å². The van der Waals surface area contributed by atoms with Crippen molar-refractivity contribution < 1.29 is 0 Å². The molecule has 0 aliphatic heterocycles. The Hall–Kier alpha value is -0.0400. The van der Waals surface area contributed by atoms with Crippen molar-refractivity contribution in [3.8, 4) is 0 Å². The van der Waals surface area contributed by atoms with Crippen LogP contribution in [0.3, 0.4) is 0 Å². The molecule has 0 fully saturated rings. The first kappa shape index (κ1) is 11.0. The topological polar surface area (TPSA) is 12.0 Å². The van der Waals surface area contributed by atoms with Crippen molar-refractivity contribution in [3.63, 3.8) is 0 Å². The first-order valence-corrected chi connectivity index (χ1v) is 4.92. The Kier molecular flexibility index (Phi) is 6.63. The summed E-state index contributed by atoms with van der Waals surface area (Å²) in [5.74, 6) is 0. The molecule has 11 heavy (non-hydrogen) atoms. The van der Waals surface area contributed by atoms with Crippen LogP contribution in [0.2, 0.25) is 0 Å². The second kappa shape index (κ2) is 6.66. The maximum Gasteiger partial charge on any atom is 0.00410 e. The number of hydrogen-bond acceptors (Lipinski definition) is 1. The molecule has 0 saturated carbocycles. The summed E-state index contributed by atoms with van der Waals surface area (Å²) in [7, 11) is 0. The zero-order valence-corrected chi connectivity index (χ0v) is 8.48. The van der Waals surface area contributed by atoms with Gasteiger partial charge in [-0.05, 0) is 13.3 Å². The average molecular weight is 157 g/mol. The fourth-order valence-corrected chi connectivity index (χ4v) is 1.35. The summed E-state index contributed by atoms with van der Waals surface area (Å²) in [6, 6.07) is 1.33. The smallest absolute Gasteiger partial charge is 0.00410 e. The molecule has 0 aliphatic carbocycles. The van der Waals surface area contributed by atoms with Gasteiger partial charge in [0.15, 0.2) is 0 Å². The zero-order chi connectivity index (χ0) is 8.69. The van der Waals surface area contributed by atoms with Crippen LogP contribution >= 0.6 is 0 Å². The van der Waals surface area contributed by atoms with Crippen molar-refractivity contribution >= 4 is 0 Å². The second-order valence-corrected chi connectivity index (χ2v) is 3.72. The summed E-state index contributed by atoms with van der Waals surface area (Å²) >= 11 is 0. The Morgan fingerprint density at radius 3 is 2.18 bits per heavy atom. The molecular weight excluding hydrogens is 134 g/mol. The van der Waals surface area contributed by atoms with Crippen LogP contribution in [0.1, 0.15) is 53.4 Å². The Balaban J connectivity index is 3.15. The molecule has 1 N–H and O–H groups in total. The Morgan fingerprint density at radius 1 is 1.09 bits per heavy atom. The number of nitrogens with one attached hydrogen (secondary N) is 1. The fraction of sp³-hybridized carbons (Fsp3) is 1.00. The molecule has 0 aromatic heterocycles. The number of unbranched alkanes of at least 4 members (excludes halogenated alkanes) is 2. The van der Waals surface area contributed by atoms with E-state index in [1.807, 2.05) is 0 Å². The first-order valence-electron chi connectivity index (χ1n) is 4.92. The van der Waals surface area contributed by atoms with Gasteiger partial charge in [-0.2, -0.15) is 0 Å². The van der Waals surface area contributed by atoms with Gasteiger partial charge in [-0.3, -0.25) is 0 Å². The molecule has 0 aromatic carbocycles. The summed E-state index contributed by atoms with van der Waals surface area (Å²) in [4.78, 5) is 0. The van der Waals surface area contributed by atoms with E-state index in [0.29, 0.717) is 12.1 Å². The van der Waals surface area contributed by atoms with Crippen molar-refractivity contribution in [2.75, 3.05) is 0 Å². The van der Waals surface area contributed by atoms with Gasteiger partial charge >= 0.3 is 0 Å². The average Bonchev–Trinajstić information content (AvgIpc) is 1.86. The molecule has 68 valence electrons. The van der Waals surface area contributed by atoms with Crippen molar-refractivity contribution in [1.82, 2.24) is 5.32 Å². The molecule has 1 nitrogen and oxygen atoms in total. The van der Waals surface area contributed by atoms with Gasteiger partial charge in [0, 0.05) is 12.1 Å². The molecule has 0 rings (SSSR count). The van der Waals surface area contributed by atoms with E-state index in [1.54, 1.807) is 0 Å². The summed E-state index contributed by atoms with van der Waals surface area (Å²) in [5, 5.41) is 3.50. The monoisotopic (exact) mass is 157 g/mol. The highest BCUT2D eigenvalue weighted by atomic mass is 14.9. The van der Waals surface area contributed by atoms with Crippen LogP contribution in [0.4, 0.5) is 0 Å². The summed E-state index contributed by atoms with van der Waals surface area (Å²) < 4.78 is 0. The maximum atomic E-state index is 3.50. The van der Waals surface area contributed by atoms with Gasteiger partial charge in [-0.25, -0.2) is 0 Å². The third kappa shape index (κ3) is 7.86. The highest BCUT2D eigenvalue weighted by molar-refractivity contribution is 4.63. The predicted molar refractivity (Wildman–Crippen MR) is 51.9 cm³/mol. The fourth-order valence-electron chi connectivity index (χ4n) is 1.35. The SMILES string of the molecule is CCCCC[C@H](C)NC(C)C. The van der Waals surface area contributed by atoms with Gasteiger partial charge in [0.2, 0.25) is 0 Å². The minimum absolute atomic E-state index is 0.631. The number of rotatable bonds is 6. The molecule has 0 bridgehead atoms. The minimum atomic E-state index is 0.631. The van der Waals surface area contributed by atoms with E-state index in [-0.39, 0.29) is 0 Å². The highest BCUT2D eigenvalue weighted by Crippen LogP contribution is 2.03. The van der Waals surface area contributed by atoms with E-state index in [2.05, 4.69) is 33.0 Å². The molecule has 0 aromatic rings.